The predicted octanol–water partition coefficient (Wildman–Crippen LogP) is 3.46. The van der Waals surface area contributed by atoms with Gasteiger partial charge in [0.05, 0.1) is 11.3 Å². The van der Waals surface area contributed by atoms with Crippen molar-refractivity contribution in [1.82, 2.24) is 10.2 Å². The number of piperidine rings is 1. The van der Waals surface area contributed by atoms with Gasteiger partial charge in [-0.25, -0.2) is 0 Å². The molecule has 1 spiro atoms. The fourth-order valence-corrected chi connectivity index (χ4v) is 4.25. The van der Waals surface area contributed by atoms with Crippen molar-refractivity contribution < 1.29 is 9.59 Å². The summed E-state index contributed by atoms with van der Waals surface area (Å²) >= 11 is 6.01. The number of carbonyl (C=O) groups is 2. The zero-order chi connectivity index (χ0) is 19.2. The lowest BCUT2D eigenvalue weighted by molar-refractivity contribution is 0.0609. The number of rotatable bonds is 1. The van der Waals surface area contributed by atoms with Crippen molar-refractivity contribution in [2.24, 2.45) is 0 Å². The van der Waals surface area contributed by atoms with E-state index in [0.29, 0.717) is 42.1 Å². The zero-order valence-electron chi connectivity index (χ0n) is 15.5. The highest BCUT2D eigenvalue weighted by Crippen LogP contribution is 2.36. The number of hydrogen-bond acceptors (Lipinski definition) is 3. The molecule has 0 radical (unpaired) electrons. The number of hydrogen-bond donors (Lipinski definition) is 1. The Kier molecular flexibility index (Phi) is 4.35. The average molecular weight is 384 g/mol. The summed E-state index contributed by atoms with van der Waals surface area (Å²) in [6.45, 7) is 3.15. The Morgan fingerprint density at radius 2 is 1.89 bits per heavy atom. The van der Waals surface area contributed by atoms with Crippen LogP contribution in [-0.2, 0) is 0 Å². The molecule has 0 saturated carbocycles. The number of carbonyl (C=O) groups excluding carboxylic acids is 2. The lowest BCUT2D eigenvalue weighted by atomic mass is 9.90. The molecule has 1 saturated heterocycles. The van der Waals surface area contributed by atoms with Gasteiger partial charge in [-0.15, -0.1) is 0 Å². The van der Waals surface area contributed by atoms with Crippen molar-refractivity contribution in [1.29, 1.82) is 0 Å². The van der Waals surface area contributed by atoms with E-state index >= 15 is 0 Å². The van der Waals surface area contributed by atoms with Crippen LogP contribution in [0, 0.1) is 6.92 Å². The molecule has 2 aliphatic heterocycles. The lowest BCUT2D eigenvalue weighted by Gasteiger charge is -2.51. The fraction of sp³-hybridized carbons (Fsp3) is 0.333. The first-order valence-electron chi connectivity index (χ1n) is 9.11. The SMILES string of the molecule is Cc1ccc2c(c1)C(=O)NC1(CCN(C(=O)c3cccc(Cl)c3)CC1)N2C. The summed E-state index contributed by atoms with van der Waals surface area (Å²) in [5.74, 6) is -0.0606. The summed E-state index contributed by atoms with van der Waals surface area (Å²) < 4.78 is 0. The summed E-state index contributed by atoms with van der Waals surface area (Å²) in [4.78, 5) is 29.5. The summed E-state index contributed by atoms with van der Waals surface area (Å²) in [5, 5.41) is 3.76. The topological polar surface area (TPSA) is 52.7 Å². The zero-order valence-corrected chi connectivity index (χ0v) is 16.2. The van der Waals surface area contributed by atoms with Gasteiger partial charge in [0.2, 0.25) is 0 Å². The van der Waals surface area contributed by atoms with E-state index in [-0.39, 0.29) is 11.8 Å². The minimum absolute atomic E-state index is 0.0202. The van der Waals surface area contributed by atoms with Crippen LogP contribution in [0.3, 0.4) is 0 Å². The fourth-order valence-electron chi connectivity index (χ4n) is 4.06. The predicted molar refractivity (Wildman–Crippen MR) is 106 cm³/mol. The van der Waals surface area contributed by atoms with Crippen LogP contribution in [0.15, 0.2) is 42.5 Å². The number of amides is 2. The summed E-state index contributed by atoms with van der Waals surface area (Å²) in [6, 6.07) is 13.0. The Morgan fingerprint density at radius 3 is 2.59 bits per heavy atom. The Labute approximate surface area is 163 Å². The number of aryl methyl sites for hydroxylation is 1. The Bertz CT molecular complexity index is 919. The molecule has 140 valence electrons. The quantitative estimate of drug-likeness (QED) is 0.820. The van der Waals surface area contributed by atoms with Crippen molar-refractivity contribution in [3.05, 3.63) is 64.2 Å². The van der Waals surface area contributed by atoms with E-state index < -0.39 is 5.66 Å². The monoisotopic (exact) mass is 383 g/mol. The molecular formula is C21H22ClN3O2. The number of nitrogens with zero attached hydrogens (tertiary/aromatic N) is 2. The molecule has 2 aliphatic rings. The second kappa shape index (κ2) is 6.57. The molecule has 2 heterocycles. The lowest BCUT2D eigenvalue weighted by Crippen LogP contribution is -2.67. The van der Waals surface area contributed by atoms with Gasteiger partial charge in [-0.2, -0.15) is 0 Å². The van der Waals surface area contributed by atoms with Gasteiger partial charge in [-0.1, -0.05) is 29.3 Å². The van der Waals surface area contributed by atoms with E-state index in [1.54, 1.807) is 24.3 Å². The first-order chi connectivity index (χ1) is 12.9. The van der Waals surface area contributed by atoms with Gasteiger partial charge in [-0.3, -0.25) is 9.59 Å². The van der Waals surface area contributed by atoms with E-state index in [1.807, 2.05) is 37.1 Å². The van der Waals surface area contributed by atoms with E-state index in [2.05, 4.69) is 10.2 Å². The maximum atomic E-state index is 12.8. The van der Waals surface area contributed by atoms with E-state index in [0.717, 1.165) is 11.3 Å². The first kappa shape index (κ1) is 17.9. The number of benzene rings is 2. The molecule has 0 bridgehead atoms. The van der Waals surface area contributed by atoms with Gasteiger partial charge in [0.15, 0.2) is 0 Å². The van der Waals surface area contributed by atoms with Gasteiger partial charge in [0.25, 0.3) is 11.8 Å². The second-order valence-corrected chi connectivity index (χ2v) is 7.80. The first-order valence-corrected chi connectivity index (χ1v) is 9.49. The molecule has 2 aromatic carbocycles. The molecule has 1 N–H and O–H groups in total. The number of halogens is 1. The van der Waals surface area contributed by atoms with Crippen molar-refractivity contribution in [2.45, 2.75) is 25.4 Å². The van der Waals surface area contributed by atoms with Gasteiger partial charge in [-0.05, 0) is 37.3 Å². The molecule has 4 rings (SSSR count). The normalized spacial score (nSPS) is 18.3. The average Bonchev–Trinajstić information content (AvgIpc) is 2.66. The molecule has 2 aromatic rings. The standard InChI is InChI=1S/C21H22ClN3O2/c1-14-6-7-18-17(12-14)19(26)23-21(24(18)2)8-10-25(11-9-21)20(27)15-4-3-5-16(22)13-15/h3-7,12-13H,8-11H2,1-2H3,(H,23,26). The van der Waals surface area contributed by atoms with Crippen LogP contribution in [-0.4, -0.2) is 42.5 Å². The number of anilines is 1. The molecular weight excluding hydrogens is 362 g/mol. The van der Waals surface area contributed by atoms with Crippen LogP contribution in [0.1, 0.15) is 39.1 Å². The highest BCUT2D eigenvalue weighted by Gasteiger charge is 2.44. The summed E-state index contributed by atoms with van der Waals surface area (Å²) in [7, 11) is 2.02. The number of nitrogens with one attached hydrogen (secondary N) is 1. The molecule has 5 nitrogen and oxygen atoms in total. The van der Waals surface area contributed by atoms with Crippen LogP contribution in [0.2, 0.25) is 5.02 Å². The maximum absolute atomic E-state index is 12.8. The Hall–Kier alpha value is -2.53. The summed E-state index contributed by atoms with van der Waals surface area (Å²) in [6.07, 6.45) is 1.35. The third-order valence-electron chi connectivity index (χ3n) is 5.70. The van der Waals surface area contributed by atoms with Crippen molar-refractivity contribution >= 4 is 29.1 Å². The van der Waals surface area contributed by atoms with Crippen molar-refractivity contribution in [3.8, 4) is 0 Å². The third kappa shape index (κ3) is 3.06. The van der Waals surface area contributed by atoms with E-state index in [1.165, 1.54) is 0 Å². The van der Waals surface area contributed by atoms with Gasteiger partial charge < -0.3 is 15.1 Å². The third-order valence-corrected chi connectivity index (χ3v) is 5.93. The highest BCUT2D eigenvalue weighted by molar-refractivity contribution is 6.30. The molecule has 6 heteroatoms. The minimum atomic E-state index is -0.454. The van der Waals surface area contributed by atoms with Gasteiger partial charge in [0, 0.05) is 43.6 Å². The Balaban J connectivity index is 1.54. The van der Waals surface area contributed by atoms with Gasteiger partial charge >= 0.3 is 0 Å². The number of likely N-dealkylation sites (tertiary alicyclic amines) is 1. The van der Waals surface area contributed by atoms with Crippen molar-refractivity contribution in [2.75, 3.05) is 25.0 Å². The van der Waals surface area contributed by atoms with Crippen LogP contribution in [0.25, 0.3) is 0 Å². The highest BCUT2D eigenvalue weighted by atomic mass is 35.5. The maximum Gasteiger partial charge on any atom is 0.255 e. The molecule has 0 unspecified atom stereocenters. The van der Waals surface area contributed by atoms with Crippen LogP contribution >= 0.6 is 11.6 Å². The molecule has 0 aliphatic carbocycles. The van der Waals surface area contributed by atoms with Crippen LogP contribution in [0.4, 0.5) is 5.69 Å². The number of fused-ring (bicyclic) bond motifs is 1. The summed E-state index contributed by atoms with van der Waals surface area (Å²) in [5.41, 5.74) is 2.86. The molecule has 0 atom stereocenters. The molecule has 2 amide bonds. The van der Waals surface area contributed by atoms with Crippen LogP contribution < -0.4 is 10.2 Å². The van der Waals surface area contributed by atoms with Gasteiger partial charge in [0.1, 0.15) is 5.66 Å². The largest absolute Gasteiger partial charge is 0.351 e. The molecule has 1 fully saturated rings. The van der Waals surface area contributed by atoms with Crippen LogP contribution in [0.5, 0.6) is 0 Å². The Morgan fingerprint density at radius 1 is 1.15 bits per heavy atom. The smallest absolute Gasteiger partial charge is 0.255 e. The van der Waals surface area contributed by atoms with E-state index in [9.17, 15) is 9.59 Å². The van der Waals surface area contributed by atoms with Crippen molar-refractivity contribution in [3.63, 3.8) is 0 Å². The second-order valence-electron chi connectivity index (χ2n) is 7.37. The molecule has 27 heavy (non-hydrogen) atoms. The van der Waals surface area contributed by atoms with E-state index in [4.69, 9.17) is 11.6 Å². The molecule has 0 aromatic heterocycles. The minimum Gasteiger partial charge on any atom is -0.351 e.